The van der Waals surface area contributed by atoms with Gasteiger partial charge < -0.3 is 0 Å². The summed E-state index contributed by atoms with van der Waals surface area (Å²) in [6, 6.07) is 7.22. The maximum Gasteiger partial charge on any atom is 0.141 e. The quantitative estimate of drug-likeness (QED) is 0.372. The van der Waals surface area contributed by atoms with Crippen molar-refractivity contribution in [1.29, 1.82) is 5.26 Å². The fourth-order valence-electron chi connectivity index (χ4n) is 7.55. The number of hydrogen-bond acceptors (Lipinski definition) is 1. The van der Waals surface area contributed by atoms with Crippen molar-refractivity contribution < 1.29 is 4.39 Å². The van der Waals surface area contributed by atoms with Gasteiger partial charge >= 0.3 is 0 Å². The molecule has 3 saturated carbocycles. The first-order chi connectivity index (χ1) is 15.7. The number of fused-ring (bicyclic) bond motifs is 1. The normalized spacial score (nSPS) is 32.8. The lowest BCUT2D eigenvalue weighted by Crippen LogP contribution is -2.34. The molecule has 1 nitrogen and oxygen atoms in total. The molecule has 4 unspecified atom stereocenters. The molecule has 0 aliphatic heterocycles. The van der Waals surface area contributed by atoms with Crippen molar-refractivity contribution in [3.63, 3.8) is 0 Å². The number of nitriles is 1. The van der Waals surface area contributed by atoms with Gasteiger partial charge in [0.1, 0.15) is 11.9 Å². The highest BCUT2D eigenvalue weighted by Crippen LogP contribution is 2.50. The molecule has 4 atom stereocenters. The zero-order valence-electron chi connectivity index (χ0n) is 20.3. The molecule has 1 aromatic rings. The molecule has 0 aromatic heterocycles. The van der Waals surface area contributed by atoms with Gasteiger partial charge in [0.05, 0.1) is 5.56 Å². The second kappa shape index (κ2) is 11.7. The summed E-state index contributed by atoms with van der Waals surface area (Å²) in [4.78, 5) is 0. The van der Waals surface area contributed by atoms with E-state index in [1.54, 1.807) is 12.1 Å². The number of hydrogen-bond donors (Lipinski definition) is 0. The van der Waals surface area contributed by atoms with Gasteiger partial charge in [0.2, 0.25) is 0 Å². The molecule has 0 saturated heterocycles. The molecule has 2 heteroatoms. The Kier molecular flexibility index (Phi) is 8.68. The van der Waals surface area contributed by atoms with E-state index in [4.69, 9.17) is 5.26 Å². The van der Waals surface area contributed by atoms with Crippen LogP contribution in [0.1, 0.15) is 127 Å². The SMILES string of the molecule is CCCCCCCC1CCC2CC(C3CCC(c4ccc(C#N)c(F)c4)CC3)CCC2C1. The van der Waals surface area contributed by atoms with E-state index in [0.717, 1.165) is 35.2 Å². The van der Waals surface area contributed by atoms with Crippen LogP contribution in [0.15, 0.2) is 18.2 Å². The molecule has 3 aliphatic rings. The molecule has 3 aliphatic carbocycles. The Bertz CT molecular complexity index is 757. The molecule has 3 fully saturated rings. The minimum Gasteiger partial charge on any atom is -0.206 e. The van der Waals surface area contributed by atoms with Crippen molar-refractivity contribution in [2.24, 2.45) is 29.6 Å². The van der Waals surface area contributed by atoms with Gasteiger partial charge in [-0.25, -0.2) is 4.39 Å². The summed E-state index contributed by atoms with van der Waals surface area (Å²) in [6.45, 7) is 2.31. The van der Waals surface area contributed by atoms with Crippen LogP contribution in [0.2, 0.25) is 0 Å². The highest BCUT2D eigenvalue weighted by molar-refractivity contribution is 5.34. The standard InChI is InChI=1S/C30H44FN/c1-2-3-4-5-6-7-22-8-9-27-19-26(15-14-25(27)18-22)23-10-12-24(13-11-23)28-16-17-29(21-32)30(31)20-28/h16-17,20,22-27H,2-15,18-19H2,1H3. The van der Waals surface area contributed by atoms with Gasteiger partial charge in [0.15, 0.2) is 0 Å². The molecule has 176 valence electrons. The van der Waals surface area contributed by atoms with E-state index in [-0.39, 0.29) is 11.4 Å². The van der Waals surface area contributed by atoms with Crippen molar-refractivity contribution in [3.8, 4) is 6.07 Å². The van der Waals surface area contributed by atoms with Crippen molar-refractivity contribution in [3.05, 3.63) is 35.1 Å². The van der Waals surface area contributed by atoms with Gasteiger partial charge in [0, 0.05) is 0 Å². The topological polar surface area (TPSA) is 23.8 Å². The summed E-state index contributed by atoms with van der Waals surface area (Å²) >= 11 is 0. The first-order valence-corrected chi connectivity index (χ1v) is 13.9. The van der Waals surface area contributed by atoms with Crippen molar-refractivity contribution in [2.45, 2.75) is 116 Å². The predicted molar refractivity (Wildman–Crippen MR) is 131 cm³/mol. The third kappa shape index (κ3) is 5.95. The lowest BCUT2D eigenvalue weighted by Gasteiger charge is -2.45. The van der Waals surface area contributed by atoms with Crippen LogP contribution >= 0.6 is 0 Å². The fraction of sp³-hybridized carbons (Fsp3) is 0.767. The average Bonchev–Trinajstić information content (AvgIpc) is 2.83. The first-order valence-electron chi connectivity index (χ1n) is 13.9. The summed E-state index contributed by atoms with van der Waals surface area (Å²) in [5, 5.41) is 8.97. The van der Waals surface area contributed by atoms with E-state index in [2.05, 4.69) is 6.92 Å². The van der Waals surface area contributed by atoms with Gasteiger partial charge in [-0.05, 0) is 111 Å². The molecule has 0 spiro atoms. The second-order valence-corrected chi connectivity index (χ2v) is 11.4. The Labute approximate surface area is 196 Å². The van der Waals surface area contributed by atoms with Crippen LogP contribution in [-0.2, 0) is 0 Å². The van der Waals surface area contributed by atoms with Crippen molar-refractivity contribution >= 4 is 0 Å². The Morgan fingerprint density at radius 3 is 2.19 bits per heavy atom. The second-order valence-electron chi connectivity index (χ2n) is 11.4. The number of halogens is 1. The van der Waals surface area contributed by atoms with Gasteiger partial charge in [-0.15, -0.1) is 0 Å². The Balaban J connectivity index is 1.20. The Morgan fingerprint density at radius 2 is 1.47 bits per heavy atom. The molecule has 0 heterocycles. The average molecular weight is 438 g/mol. The van der Waals surface area contributed by atoms with Gasteiger partial charge in [0.25, 0.3) is 0 Å². The maximum atomic E-state index is 14.1. The summed E-state index contributed by atoms with van der Waals surface area (Å²) in [5.74, 6) is 5.04. The summed E-state index contributed by atoms with van der Waals surface area (Å²) in [5.41, 5.74) is 1.28. The first kappa shape index (κ1) is 23.8. The number of rotatable bonds is 8. The largest absolute Gasteiger partial charge is 0.206 e. The highest BCUT2D eigenvalue weighted by Gasteiger charge is 2.38. The van der Waals surface area contributed by atoms with Crippen LogP contribution < -0.4 is 0 Å². The fourth-order valence-corrected chi connectivity index (χ4v) is 7.55. The van der Waals surface area contributed by atoms with Crippen LogP contribution in [-0.4, -0.2) is 0 Å². The van der Waals surface area contributed by atoms with Gasteiger partial charge in [-0.1, -0.05) is 57.9 Å². The highest BCUT2D eigenvalue weighted by atomic mass is 19.1. The molecular formula is C30H44FN. The molecule has 1 aromatic carbocycles. The Morgan fingerprint density at radius 1 is 0.812 bits per heavy atom. The van der Waals surface area contributed by atoms with Crippen LogP contribution in [0, 0.1) is 46.7 Å². The maximum absolute atomic E-state index is 14.1. The number of unbranched alkanes of at least 4 members (excludes halogenated alkanes) is 4. The van der Waals surface area contributed by atoms with E-state index in [0.29, 0.717) is 5.92 Å². The van der Waals surface area contributed by atoms with Crippen molar-refractivity contribution in [1.82, 2.24) is 0 Å². The van der Waals surface area contributed by atoms with Gasteiger partial charge in [-0.2, -0.15) is 5.26 Å². The third-order valence-electron chi connectivity index (χ3n) is 9.50. The number of nitrogens with zero attached hydrogens (tertiary/aromatic N) is 1. The van der Waals surface area contributed by atoms with Crippen molar-refractivity contribution in [2.75, 3.05) is 0 Å². The lowest BCUT2D eigenvalue weighted by atomic mass is 9.60. The smallest absolute Gasteiger partial charge is 0.141 e. The van der Waals surface area contributed by atoms with Crippen LogP contribution in [0.3, 0.4) is 0 Å². The minimum atomic E-state index is -0.345. The van der Waals surface area contributed by atoms with Crippen LogP contribution in [0.25, 0.3) is 0 Å². The van der Waals surface area contributed by atoms with E-state index >= 15 is 0 Å². The van der Waals surface area contributed by atoms with E-state index in [1.165, 1.54) is 103 Å². The monoisotopic (exact) mass is 437 g/mol. The summed E-state index contributed by atoms with van der Waals surface area (Å²) in [6.07, 6.45) is 22.6. The van der Waals surface area contributed by atoms with E-state index < -0.39 is 0 Å². The lowest BCUT2D eigenvalue weighted by molar-refractivity contribution is 0.0613. The number of benzene rings is 1. The molecule has 0 N–H and O–H groups in total. The molecule has 32 heavy (non-hydrogen) atoms. The molecule has 0 radical (unpaired) electrons. The summed E-state index contributed by atoms with van der Waals surface area (Å²) < 4.78 is 14.1. The Hall–Kier alpha value is -1.36. The molecule has 0 amide bonds. The van der Waals surface area contributed by atoms with E-state index in [9.17, 15) is 4.39 Å². The third-order valence-corrected chi connectivity index (χ3v) is 9.50. The predicted octanol–water partition coefficient (Wildman–Crippen LogP) is 9.16. The van der Waals surface area contributed by atoms with Crippen LogP contribution in [0.5, 0.6) is 0 Å². The van der Waals surface area contributed by atoms with Gasteiger partial charge in [-0.3, -0.25) is 0 Å². The molecular weight excluding hydrogens is 393 g/mol. The zero-order chi connectivity index (χ0) is 22.3. The minimum absolute atomic E-state index is 0.172. The van der Waals surface area contributed by atoms with E-state index in [1.807, 2.05) is 12.1 Å². The molecule has 4 rings (SSSR count). The zero-order valence-corrected chi connectivity index (χ0v) is 20.3. The summed E-state index contributed by atoms with van der Waals surface area (Å²) in [7, 11) is 0. The van der Waals surface area contributed by atoms with Crippen LogP contribution in [0.4, 0.5) is 4.39 Å². The molecule has 0 bridgehead atoms.